The van der Waals surface area contributed by atoms with Gasteiger partial charge in [-0.25, -0.2) is 0 Å². The van der Waals surface area contributed by atoms with Gasteiger partial charge in [0.05, 0.1) is 6.61 Å². The molecule has 1 aromatic carbocycles. The predicted octanol–water partition coefficient (Wildman–Crippen LogP) is 6.08. The maximum atomic E-state index is 5.84. The van der Waals surface area contributed by atoms with Crippen LogP contribution in [0.5, 0.6) is 5.75 Å². The average Bonchev–Trinajstić information content (AvgIpc) is 2.71. The SMILES string of the molecule is CCCCCCCCCN1CCCCC1CCOCCOc1ccccc1. The quantitative estimate of drug-likeness (QED) is 0.347. The Morgan fingerprint density at radius 3 is 2.48 bits per heavy atom. The third kappa shape index (κ3) is 10.2. The Balaban J connectivity index is 1.50. The molecule has 0 radical (unpaired) electrons. The molecule has 1 fully saturated rings. The Labute approximate surface area is 167 Å². The number of rotatable bonds is 15. The van der Waals surface area contributed by atoms with Gasteiger partial charge in [-0.2, -0.15) is 0 Å². The van der Waals surface area contributed by atoms with Gasteiger partial charge in [-0.3, -0.25) is 0 Å². The van der Waals surface area contributed by atoms with E-state index in [4.69, 9.17) is 9.47 Å². The highest BCUT2D eigenvalue weighted by Gasteiger charge is 2.21. The lowest BCUT2D eigenvalue weighted by Gasteiger charge is -2.35. The van der Waals surface area contributed by atoms with E-state index in [-0.39, 0.29) is 0 Å². The van der Waals surface area contributed by atoms with Crippen LogP contribution in [-0.2, 0) is 4.74 Å². The molecule has 1 atom stereocenters. The van der Waals surface area contributed by atoms with Crippen LogP contribution in [0.3, 0.4) is 0 Å². The topological polar surface area (TPSA) is 21.7 Å². The minimum atomic E-state index is 0.635. The molecule has 0 aliphatic carbocycles. The summed E-state index contributed by atoms with van der Waals surface area (Å²) in [6.07, 6.45) is 15.1. The van der Waals surface area contributed by atoms with E-state index in [0.29, 0.717) is 13.2 Å². The lowest BCUT2D eigenvalue weighted by molar-refractivity contribution is 0.0645. The van der Waals surface area contributed by atoms with Crippen LogP contribution in [0.15, 0.2) is 30.3 Å². The Kier molecular flexibility index (Phi) is 12.3. The number of unbranched alkanes of at least 4 members (excludes halogenated alkanes) is 6. The van der Waals surface area contributed by atoms with E-state index in [1.54, 1.807) is 0 Å². The van der Waals surface area contributed by atoms with E-state index in [1.807, 2.05) is 30.3 Å². The molecule has 0 bridgehead atoms. The number of benzene rings is 1. The largest absolute Gasteiger partial charge is 0.491 e. The van der Waals surface area contributed by atoms with Gasteiger partial charge in [0.1, 0.15) is 12.4 Å². The zero-order valence-electron chi connectivity index (χ0n) is 17.5. The average molecular weight is 376 g/mol. The third-order valence-corrected chi connectivity index (χ3v) is 5.63. The molecule has 1 aliphatic rings. The van der Waals surface area contributed by atoms with Crippen LogP contribution in [0.25, 0.3) is 0 Å². The summed E-state index contributed by atoms with van der Waals surface area (Å²) in [5.74, 6) is 0.925. The molecule has 1 aliphatic heterocycles. The van der Waals surface area contributed by atoms with E-state index >= 15 is 0 Å². The van der Waals surface area contributed by atoms with Gasteiger partial charge in [0.15, 0.2) is 0 Å². The summed E-state index contributed by atoms with van der Waals surface area (Å²) in [7, 11) is 0. The number of nitrogens with zero attached hydrogens (tertiary/aromatic N) is 1. The third-order valence-electron chi connectivity index (χ3n) is 5.63. The number of ether oxygens (including phenoxy) is 2. The molecule has 0 N–H and O–H groups in total. The molecule has 3 heteroatoms. The van der Waals surface area contributed by atoms with Crippen LogP contribution >= 0.6 is 0 Å². The summed E-state index contributed by atoms with van der Waals surface area (Å²) in [6, 6.07) is 10.7. The molecule has 0 amide bonds. The summed E-state index contributed by atoms with van der Waals surface area (Å²) in [5.41, 5.74) is 0. The lowest BCUT2D eigenvalue weighted by atomic mass is 9.99. The van der Waals surface area contributed by atoms with E-state index < -0.39 is 0 Å². The molecule has 27 heavy (non-hydrogen) atoms. The second kappa shape index (κ2) is 14.9. The molecular formula is C24H41NO2. The maximum Gasteiger partial charge on any atom is 0.119 e. The lowest BCUT2D eigenvalue weighted by Crippen LogP contribution is -2.40. The predicted molar refractivity (Wildman–Crippen MR) is 115 cm³/mol. The highest BCUT2D eigenvalue weighted by atomic mass is 16.5. The fourth-order valence-corrected chi connectivity index (χ4v) is 4.01. The molecule has 1 unspecified atom stereocenters. The maximum absolute atomic E-state index is 5.84. The molecule has 0 aromatic heterocycles. The van der Waals surface area contributed by atoms with Crippen molar-refractivity contribution in [1.29, 1.82) is 0 Å². The van der Waals surface area contributed by atoms with Gasteiger partial charge < -0.3 is 14.4 Å². The molecule has 1 saturated heterocycles. The molecule has 2 rings (SSSR count). The van der Waals surface area contributed by atoms with Crippen molar-refractivity contribution in [1.82, 2.24) is 4.90 Å². The summed E-state index contributed by atoms with van der Waals surface area (Å²) in [6.45, 7) is 7.04. The van der Waals surface area contributed by atoms with Crippen molar-refractivity contribution in [2.75, 3.05) is 32.9 Å². The highest BCUT2D eigenvalue weighted by molar-refractivity contribution is 5.20. The Hall–Kier alpha value is -1.06. The van der Waals surface area contributed by atoms with Crippen molar-refractivity contribution in [3.63, 3.8) is 0 Å². The van der Waals surface area contributed by atoms with Crippen LogP contribution in [0.4, 0.5) is 0 Å². The Bertz CT molecular complexity index is 451. The van der Waals surface area contributed by atoms with Crippen LogP contribution in [-0.4, -0.2) is 43.9 Å². The van der Waals surface area contributed by atoms with E-state index in [9.17, 15) is 0 Å². The summed E-state index contributed by atoms with van der Waals surface area (Å²) in [4.78, 5) is 2.74. The number of hydrogen-bond donors (Lipinski definition) is 0. The number of hydrogen-bond acceptors (Lipinski definition) is 3. The zero-order chi connectivity index (χ0) is 19.0. The molecule has 0 saturated carbocycles. The second-order valence-corrected chi connectivity index (χ2v) is 7.87. The van der Waals surface area contributed by atoms with Gasteiger partial charge in [0, 0.05) is 12.6 Å². The fourth-order valence-electron chi connectivity index (χ4n) is 4.01. The molecular weight excluding hydrogens is 334 g/mol. The Morgan fingerprint density at radius 1 is 0.889 bits per heavy atom. The first-order chi connectivity index (χ1) is 13.4. The summed E-state index contributed by atoms with van der Waals surface area (Å²) >= 11 is 0. The van der Waals surface area contributed by atoms with Gasteiger partial charge in [0.2, 0.25) is 0 Å². The van der Waals surface area contributed by atoms with Crippen molar-refractivity contribution in [3.05, 3.63) is 30.3 Å². The van der Waals surface area contributed by atoms with Gasteiger partial charge in [-0.05, 0) is 50.9 Å². The van der Waals surface area contributed by atoms with Crippen LogP contribution in [0, 0.1) is 0 Å². The summed E-state index contributed by atoms with van der Waals surface area (Å²) < 4.78 is 11.5. The van der Waals surface area contributed by atoms with Crippen molar-refractivity contribution >= 4 is 0 Å². The van der Waals surface area contributed by atoms with Crippen LogP contribution in [0.2, 0.25) is 0 Å². The fraction of sp³-hybridized carbons (Fsp3) is 0.750. The first kappa shape index (κ1) is 22.2. The van der Waals surface area contributed by atoms with E-state index in [2.05, 4.69) is 11.8 Å². The van der Waals surface area contributed by atoms with Gasteiger partial charge in [-0.15, -0.1) is 0 Å². The first-order valence-corrected chi connectivity index (χ1v) is 11.4. The van der Waals surface area contributed by atoms with Crippen molar-refractivity contribution < 1.29 is 9.47 Å². The normalized spacial score (nSPS) is 17.9. The van der Waals surface area contributed by atoms with Crippen LogP contribution < -0.4 is 4.74 Å². The molecule has 1 heterocycles. The molecule has 1 aromatic rings. The van der Waals surface area contributed by atoms with Crippen molar-refractivity contribution in [3.8, 4) is 5.75 Å². The van der Waals surface area contributed by atoms with E-state index in [1.165, 1.54) is 83.7 Å². The van der Waals surface area contributed by atoms with E-state index in [0.717, 1.165) is 18.4 Å². The van der Waals surface area contributed by atoms with Crippen molar-refractivity contribution in [2.45, 2.75) is 83.6 Å². The second-order valence-electron chi connectivity index (χ2n) is 7.87. The number of likely N-dealkylation sites (tertiary alicyclic amines) is 1. The monoisotopic (exact) mass is 375 g/mol. The minimum Gasteiger partial charge on any atom is -0.491 e. The molecule has 3 nitrogen and oxygen atoms in total. The highest BCUT2D eigenvalue weighted by Crippen LogP contribution is 2.20. The molecule has 0 spiro atoms. The van der Waals surface area contributed by atoms with Gasteiger partial charge in [0.25, 0.3) is 0 Å². The zero-order valence-corrected chi connectivity index (χ0v) is 17.5. The van der Waals surface area contributed by atoms with Gasteiger partial charge in [-0.1, -0.05) is 70.1 Å². The van der Waals surface area contributed by atoms with Crippen LogP contribution in [0.1, 0.15) is 77.6 Å². The number of piperidine rings is 1. The van der Waals surface area contributed by atoms with Crippen molar-refractivity contribution in [2.24, 2.45) is 0 Å². The smallest absolute Gasteiger partial charge is 0.119 e. The first-order valence-electron chi connectivity index (χ1n) is 11.4. The molecule has 154 valence electrons. The summed E-state index contributed by atoms with van der Waals surface area (Å²) in [5, 5.41) is 0. The Morgan fingerprint density at radius 2 is 1.67 bits per heavy atom. The number of para-hydroxylation sites is 1. The van der Waals surface area contributed by atoms with Gasteiger partial charge >= 0.3 is 0 Å². The minimum absolute atomic E-state index is 0.635. The standard InChI is InChI=1S/C24H41NO2/c1-2-3-4-5-6-7-12-18-25-19-13-11-14-23(25)17-20-26-21-22-27-24-15-9-8-10-16-24/h8-10,15-16,23H,2-7,11-14,17-22H2,1H3.